The monoisotopic (exact) mass is 251 g/mol. The summed E-state index contributed by atoms with van der Waals surface area (Å²) >= 11 is 0. The largest absolute Gasteiger partial charge is 0.351 e. The number of allylic oxidation sites excluding steroid dienone is 1. The van der Waals surface area contributed by atoms with Crippen molar-refractivity contribution >= 4 is 11.5 Å². The Morgan fingerprint density at radius 1 is 0.947 bits per heavy atom. The van der Waals surface area contributed by atoms with Crippen molar-refractivity contribution in [3.8, 4) is 0 Å². The lowest BCUT2D eigenvalue weighted by atomic mass is 10.1. The summed E-state index contributed by atoms with van der Waals surface area (Å²) in [4.78, 5) is 14.2. The van der Waals surface area contributed by atoms with Gasteiger partial charge in [-0.1, -0.05) is 48.5 Å². The number of carbonyl (C=O) groups is 1. The fourth-order valence-electron chi connectivity index (χ4n) is 1.90. The van der Waals surface area contributed by atoms with Crippen LogP contribution in [0.4, 0.5) is 5.69 Å². The Morgan fingerprint density at radius 2 is 1.47 bits per heavy atom. The molecule has 0 saturated heterocycles. The fraction of sp³-hybridized carbons (Fsp3) is 0.118. The number of hydrogen-bond acceptors (Lipinski definition) is 2. The summed E-state index contributed by atoms with van der Waals surface area (Å²) in [5.74, 6) is 0.0587. The topological polar surface area (TPSA) is 20.3 Å². The summed E-state index contributed by atoms with van der Waals surface area (Å²) in [6.45, 7) is 1.84. The van der Waals surface area contributed by atoms with Crippen molar-refractivity contribution in [1.82, 2.24) is 0 Å². The molecule has 0 bridgehead atoms. The van der Waals surface area contributed by atoms with E-state index in [2.05, 4.69) is 0 Å². The molecule has 0 amide bonds. The molecule has 0 fully saturated rings. The van der Waals surface area contributed by atoms with Crippen molar-refractivity contribution in [3.05, 3.63) is 78.0 Å². The average Bonchev–Trinajstić information content (AvgIpc) is 2.48. The van der Waals surface area contributed by atoms with E-state index in [0.717, 1.165) is 16.8 Å². The van der Waals surface area contributed by atoms with Gasteiger partial charge in [0.25, 0.3) is 0 Å². The first-order valence-electron chi connectivity index (χ1n) is 6.24. The van der Waals surface area contributed by atoms with Gasteiger partial charge in [-0.05, 0) is 19.1 Å². The molecule has 2 aromatic rings. The zero-order valence-corrected chi connectivity index (χ0v) is 11.2. The summed E-state index contributed by atoms with van der Waals surface area (Å²) in [7, 11) is 1.94. The Bertz CT molecular complexity index is 573. The lowest BCUT2D eigenvalue weighted by Crippen LogP contribution is -2.11. The number of benzene rings is 2. The number of nitrogens with zero attached hydrogens (tertiary/aromatic N) is 1. The molecule has 2 heteroatoms. The summed E-state index contributed by atoms with van der Waals surface area (Å²) in [5, 5.41) is 0. The first-order valence-corrected chi connectivity index (χ1v) is 6.24. The number of Topliss-reactive ketones (excluding diaryl/α,β-unsaturated/α-hetero) is 1. The Hall–Kier alpha value is -2.35. The minimum Gasteiger partial charge on any atom is -0.351 e. The SMILES string of the molecule is C/C(=C\N(C)c1ccccc1)C(=O)c1ccccc1. The van der Waals surface area contributed by atoms with Crippen LogP contribution in [0.1, 0.15) is 17.3 Å². The maximum atomic E-state index is 12.2. The highest BCUT2D eigenvalue weighted by atomic mass is 16.1. The molecule has 0 saturated carbocycles. The number of rotatable bonds is 4. The molecule has 0 heterocycles. The maximum Gasteiger partial charge on any atom is 0.190 e. The summed E-state index contributed by atoms with van der Waals surface area (Å²) in [6, 6.07) is 19.3. The molecule has 19 heavy (non-hydrogen) atoms. The molecule has 2 rings (SSSR count). The zero-order valence-electron chi connectivity index (χ0n) is 11.2. The van der Waals surface area contributed by atoms with Crippen molar-refractivity contribution in [1.29, 1.82) is 0 Å². The highest BCUT2D eigenvalue weighted by molar-refractivity contribution is 6.08. The summed E-state index contributed by atoms with van der Waals surface area (Å²) in [5.41, 5.74) is 2.50. The third-order valence-corrected chi connectivity index (χ3v) is 2.94. The van der Waals surface area contributed by atoms with Crippen LogP contribution in [0.5, 0.6) is 0 Å². The van der Waals surface area contributed by atoms with Crippen LogP contribution in [0.15, 0.2) is 72.4 Å². The number of para-hydroxylation sites is 1. The van der Waals surface area contributed by atoms with E-state index in [0.29, 0.717) is 0 Å². The predicted octanol–water partition coefficient (Wildman–Crippen LogP) is 3.91. The molecule has 0 N–H and O–H groups in total. The Balaban J connectivity index is 2.18. The summed E-state index contributed by atoms with van der Waals surface area (Å²) in [6.07, 6.45) is 1.87. The van der Waals surface area contributed by atoms with Crippen LogP contribution in [-0.2, 0) is 0 Å². The van der Waals surface area contributed by atoms with Gasteiger partial charge >= 0.3 is 0 Å². The average molecular weight is 251 g/mol. The molecule has 0 aliphatic carbocycles. The minimum absolute atomic E-state index is 0.0587. The third kappa shape index (κ3) is 3.32. The van der Waals surface area contributed by atoms with E-state index in [-0.39, 0.29) is 5.78 Å². The third-order valence-electron chi connectivity index (χ3n) is 2.94. The fourth-order valence-corrected chi connectivity index (χ4v) is 1.90. The molecule has 0 aliphatic rings. The van der Waals surface area contributed by atoms with Crippen LogP contribution < -0.4 is 4.90 Å². The van der Waals surface area contributed by atoms with Gasteiger partial charge in [-0.3, -0.25) is 4.79 Å². The van der Waals surface area contributed by atoms with Crippen LogP contribution in [0.3, 0.4) is 0 Å². The van der Waals surface area contributed by atoms with Crippen LogP contribution in [0.25, 0.3) is 0 Å². The minimum atomic E-state index is 0.0587. The van der Waals surface area contributed by atoms with Gasteiger partial charge in [0.2, 0.25) is 0 Å². The van der Waals surface area contributed by atoms with Gasteiger partial charge in [0.05, 0.1) is 0 Å². The first-order chi connectivity index (χ1) is 9.18. The second-order valence-electron chi connectivity index (χ2n) is 4.45. The van der Waals surface area contributed by atoms with Crippen LogP contribution >= 0.6 is 0 Å². The van der Waals surface area contributed by atoms with Gasteiger partial charge in [0.1, 0.15) is 0 Å². The van der Waals surface area contributed by atoms with Crippen LogP contribution in [0.2, 0.25) is 0 Å². The van der Waals surface area contributed by atoms with Crippen molar-refractivity contribution < 1.29 is 4.79 Å². The first kappa shape index (κ1) is 13.1. The van der Waals surface area contributed by atoms with Gasteiger partial charge in [0.15, 0.2) is 5.78 Å². The van der Waals surface area contributed by atoms with Gasteiger partial charge in [-0.15, -0.1) is 0 Å². The van der Waals surface area contributed by atoms with E-state index in [4.69, 9.17) is 0 Å². The van der Waals surface area contributed by atoms with Gasteiger partial charge in [-0.25, -0.2) is 0 Å². The van der Waals surface area contributed by atoms with E-state index >= 15 is 0 Å². The van der Waals surface area contributed by atoms with Crippen molar-refractivity contribution in [2.75, 3.05) is 11.9 Å². The maximum absolute atomic E-state index is 12.2. The lowest BCUT2D eigenvalue weighted by Gasteiger charge is -2.15. The molecule has 0 aliphatic heterocycles. The van der Waals surface area contributed by atoms with E-state index in [1.807, 2.05) is 85.7 Å². The quantitative estimate of drug-likeness (QED) is 0.606. The number of hydrogen-bond donors (Lipinski definition) is 0. The lowest BCUT2D eigenvalue weighted by molar-refractivity contribution is 0.103. The van der Waals surface area contributed by atoms with Crippen LogP contribution in [0, 0.1) is 0 Å². The number of anilines is 1. The zero-order chi connectivity index (χ0) is 13.7. The molecule has 2 aromatic carbocycles. The Kier molecular flexibility index (Phi) is 4.14. The molecule has 2 nitrogen and oxygen atoms in total. The van der Waals surface area contributed by atoms with E-state index in [9.17, 15) is 4.79 Å². The second-order valence-corrected chi connectivity index (χ2v) is 4.45. The van der Waals surface area contributed by atoms with Gasteiger partial charge in [-0.2, -0.15) is 0 Å². The smallest absolute Gasteiger partial charge is 0.190 e. The standard InChI is InChI=1S/C17H17NO/c1-14(17(19)15-9-5-3-6-10-15)13-18(2)16-11-7-4-8-12-16/h3-13H,1-2H3/b14-13+. The number of ketones is 1. The highest BCUT2D eigenvalue weighted by Crippen LogP contribution is 2.14. The molecule has 0 spiro atoms. The van der Waals surface area contributed by atoms with Crippen molar-refractivity contribution in [2.24, 2.45) is 0 Å². The van der Waals surface area contributed by atoms with E-state index in [1.165, 1.54) is 0 Å². The predicted molar refractivity (Wildman–Crippen MR) is 79.4 cm³/mol. The highest BCUT2D eigenvalue weighted by Gasteiger charge is 2.08. The van der Waals surface area contributed by atoms with E-state index in [1.54, 1.807) is 0 Å². The molecule has 0 unspecified atom stereocenters. The van der Waals surface area contributed by atoms with Gasteiger partial charge < -0.3 is 4.90 Å². The van der Waals surface area contributed by atoms with Crippen LogP contribution in [-0.4, -0.2) is 12.8 Å². The molecular formula is C17H17NO. The Morgan fingerprint density at radius 3 is 2.05 bits per heavy atom. The molecular weight excluding hydrogens is 234 g/mol. The van der Waals surface area contributed by atoms with E-state index < -0.39 is 0 Å². The Labute approximate surface area is 114 Å². The number of carbonyl (C=O) groups excluding carboxylic acids is 1. The second kappa shape index (κ2) is 6.01. The molecule has 0 aromatic heterocycles. The normalized spacial score (nSPS) is 11.2. The van der Waals surface area contributed by atoms with Crippen molar-refractivity contribution in [2.45, 2.75) is 6.92 Å². The van der Waals surface area contributed by atoms with Crippen molar-refractivity contribution in [3.63, 3.8) is 0 Å². The summed E-state index contributed by atoms with van der Waals surface area (Å²) < 4.78 is 0. The van der Waals surface area contributed by atoms with Gasteiger partial charge in [0, 0.05) is 30.1 Å². The molecule has 96 valence electrons. The molecule has 0 radical (unpaired) electrons. The molecule has 0 atom stereocenters.